The number of benzene rings is 1. The normalized spacial score (nSPS) is 12.7. The van der Waals surface area contributed by atoms with Gasteiger partial charge in [-0.1, -0.05) is 12.1 Å². The highest BCUT2D eigenvalue weighted by atomic mass is 16.6. The van der Waals surface area contributed by atoms with E-state index in [2.05, 4.69) is 5.32 Å². The van der Waals surface area contributed by atoms with Crippen LogP contribution < -0.4 is 16.0 Å². The summed E-state index contributed by atoms with van der Waals surface area (Å²) in [7, 11) is 1.59. The van der Waals surface area contributed by atoms with Crippen LogP contribution in [0.15, 0.2) is 24.3 Å². The number of hydrogen-bond donors (Lipinski definition) is 2. The number of hydrogen-bond acceptors (Lipinski definition) is 5. The van der Waals surface area contributed by atoms with Gasteiger partial charge < -0.3 is 14.8 Å². The molecule has 0 aliphatic heterocycles. The molecule has 1 unspecified atom stereocenters. The van der Waals surface area contributed by atoms with Crippen molar-refractivity contribution < 1.29 is 19.1 Å². The highest BCUT2D eigenvalue weighted by Gasteiger charge is 2.18. The van der Waals surface area contributed by atoms with Gasteiger partial charge in [-0.15, -0.1) is 0 Å². The second-order valence-electron chi connectivity index (χ2n) is 5.28. The van der Waals surface area contributed by atoms with Crippen LogP contribution in [0, 0.1) is 0 Å². The van der Waals surface area contributed by atoms with E-state index in [1.54, 1.807) is 40.0 Å². The minimum absolute atomic E-state index is 0.220. The molecular weight excluding hydrogens is 260 g/mol. The molecule has 0 saturated carbocycles. The maximum atomic E-state index is 11.6. The van der Waals surface area contributed by atoms with Crippen LogP contribution in [-0.4, -0.2) is 25.3 Å². The maximum absolute atomic E-state index is 11.6. The third kappa shape index (κ3) is 5.46. The lowest BCUT2D eigenvalue weighted by atomic mass is 10.1. The van der Waals surface area contributed by atoms with Gasteiger partial charge in [0.05, 0.1) is 13.7 Å². The first kappa shape index (κ1) is 16.3. The van der Waals surface area contributed by atoms with Crippen molar-refractivity contribution in [3.8, 4) is 5.75 Å². The lowest BCUT2D eigenvalue weighted by Gasteiger charge is -2.21. The number of nitrogens with two attached hydrogens (primary N) is 1. The standard InChI is InChI=1S/C14H22N2O4/c1-14(2,3)19-13(17)16-9-12(20-15)10-5-7-11(18-4)8-6-10/h5-8,12H,9,15H2,1-4H3,(H,16,17). The van der Waals surface area contributed by atoms with E-state index < -0.39 is 17.8 Å². The summed E-state index contributed by atoms with van der Waals surface area (Å²) in [4.78, 5) is 16.4. The summed E-state index contributed by atoms with van der Waals surface area (Å²) in [6.07, 6.45) is -0.957. The van der Waals surface area contributed by atoms with Crippen LogP contribution in [0.2, 0.25) is 0 Å². The van der Waals surface area contributed by atoms with Crippen molar-refractivity contribution in [3.63, 3.8) is 0 Å². The Kier molecular flexibility index (Phi) is 5.79. The van der Waals surface area contributed by atoms with Gasteiger partial charge in [0.15, 0.2) is 0 Å². The van der Waals surface area contributed by atoms with E-state index in [-0.39, 0.29) is 6.54 Å². The van der Waals surface area contributed by atoms with Gasteiger partial charge in [0.2, 0.25) is 0 Å². The molecular formula is C14H22N2O4. The molecule has 0 saturated heterocycles. The number of alkyl carbamates (subject to hydrolysis) is 1. The number of carbonyl (C=O) groups excluding carboxylic acids is 1. The monoisotopic (exact) mass is 282 g/mol. The van der Waals surface area contributed by atoms with Crippen molar-refractivity contribution in [1.29, 1.82) is 0 Å². The molecule has 0 aliphatic rings. The number of nitrogens with one attached hydrogen (secondary N) is 1. The fraction of sp³-hybridized carbons (Fsp3) is 0.500. The molecule has 1 atom stereocenters. The third-order valence-electron chi connectivity index (χ3n) is 2.48. The third-order valence-corrected chi connectivity index (χ3v) is 2.48. The van der Waals surface area contributed by atoms with Crippen LogP contribution in [-0.2, 0) is 9.57 Å². The Morgan fingerprint density at radius 3 is 2.35 bits per heavy atom. The number of amides is 1. The van der Waals surface area contributed by atoms with Gasteiger partial charge in [-0.3, -0.25) is 4.84 Å². The van der Waals surface area contributed by atoms with Crippen molar-refractivity contribution in [2.45, 2.75) is 32.5 Å². The van der Waals surface area contributed by atoms with Gasteiger partial charge >= 0.3 is 6.09 Å². The first-order chi connectivity index (χ1) is 9.35. The van der Waals surface area contributed by atoms with Gasteiger partial charge in [0.1, 0.15) is 17.5 Å². The Labute approximate surface area is 119 Å². The number of carbonyl (C=O) groups is 1. The highest BCUT2D eigenvalue weighted by Crippen LogP contribution is 2.19. The predicted molar refractivity (Wildman–Crippen MR) is 75.2 cm³/mol. The van der Waals surface area contributed by atoms with E-state index in [0.29, 0.717) is 0 Å². The van der Waals surface area contributed by atoms with Crippen molar-refractivity contribution in [3.05, 3.63) is 29.8 Å². The lowest BCUT2D eigenvalue weighted by molar-refractivity contribution is 0.0340. The average molecular weight is 282 g/mol. The molecule has 0 heterocycles. The van der Waals surface area contributed by atoms with Crippen molar-refractivity contribution in [2.24, 2.45) is 5.90 Å². The molecule has 1 rings (SSSR count). The molecule has 0 spiro atoms. The molecule has 1 aromatic rings. The molecule has 3 N–H and O–H groups in total. The Bertz CT molecular complexity index is 426. The van der Waals surface area contributed by atoms with E-state index in [1.165, 1.54) is 0 Å². The van der Waals surface area contributed by atoms with E-state index in [9.17, 15) is 4.79 Å². The molecule has 6 heteroatoms. The molecule has 1 aromatic carbocycles. The van der Waals surface area contributed by atoms with Crippen LogP contribution in [0.4, 0.5) is 4.79 Å². The fourth-order valence-electron chi connectivity index (χ4n) is 1.55. The first-order valence-electron chi connectivity index (χ1n) is 6.32. The van der Waals surface area contributed by atoms with Gasteiger partial charge in [0.25, 0.3) is 0 Å². The van der Waals surface area contributed by atoms with Crippen LogP contribution >= 0.6 is 0 Å². The number of rotatable bonds is 5. The van der Waals surface area contributed by atoms with Crippen LogP contribution in [0.1, 0.15) is 32.4 Å². The second-order valence-corrected chi connectivity index (χ2v) is 5.28. The van der Waals surface area contributed by atoms with E-state index in [0.717, 1.165) is 11.3 Å². The Morgan fingerprint density at radius 1 is 1.30 bits per heavy atom. The Hall–Kier alpha value is -1.79. The maximum Gasteiger partial charge on any atom is 0.407 e. The molecule has 0 bridgehead atoms. The van der Waals surface area contributed by atoms with Gasteiger partial charge in [-0.2, -0.15) is 0 Å². The molecule has 1 amide bonds. The lowest BCUT2D eigenvalue weighted by Crippen LogP contribution is -2.35. The zero-order chi connectivity index (χ0) is 15.2. The van der Waals surface area contributed by atoms with Crippen LogP contribution in [0.3, 0.4) is 0 Å². The fourth-order valence-corrected chi connectivity index (χ4v) is 1.55. The van der Waals surface area contributed by atoms with Gasteiger partial charge in [-0.05, 0) is 38.5 Å². The average Bonchev–Trinajstić information content (AvgIpc) is 2.38. The second kappa shape index (κ2) is 7.12. The Balaban J connectivity index is 2.56. The van der Waals surface area contributed by atoms with E-state index in [4.69, 9.17) is 20.2 Å². The molecule has 0 fully saturated rings. The molecule has 6 nitrogen and oxygen atoms in total. The summed E-state index contributed by atoms with van der Waals surface area (Å²) >= 11 is 0. The number of ether oxygens (including phenoxy) is 2. The van der Waals surface area contributed by atoms with Gasteiger partial charge in [-0.25, -0.2) is 10.7 Å². The van der Waals surface area contributed by atoms with Crippen molar-refractivity contribution in [1.82, 2.24) is 5.32 Å². The highest BCUT2D eigenvalue weighted by molar-refractivity contribution is 5.67. The summed E-state index contributed by atoms with van der Waals surface area (Å²) in [6, 6.07) is 7.25. The molecule has 0 aliphatic carbocycles. The minimum Gasteiger partial charge on any atom is -0.497 e. The SMILES string of the molecule is COc1ccc(C(CNC(=O)OC(C)(C)C)ON)cc1. The summed E-state index contributed by atoms with van der Waals surface area (Å²) in [6.45, 7) is 5.62. The summed E-state index contributed by atoms with van der Waals surface area (Å²) < 4.78 is 10.2. The van der Waals surface area contributed by atoms with Gasteiger partial charge in [0, 0.05) is 0 Å². The zero-order valence-corrected chi connectivity index (χ0v) is 12.3. The van der Waals surface area contributed by atoms with Crippen molar-refractivity contribution in [2.75, 3.05) is 13.7 Å². The molecule has 0 radical (unpaired) electrons. The summed E-state index contributed by atoms with van der Waals surface area (Å²) in [5.41, 5.74) is 0.299. The van der Waals surface area contributed by atoms with Crippen molar-refractivity contribution >= 4 is 6.09 Å². The molecule has 0 aromatic heterocycles. The van der Waals surface area contributed by atoms with Crippen LogP contribution in [0.25, 0.3) is 0 Å². The van der Waals surface area contributed by atoms with Crippen LogP contribution in [0.5, 0.6) is 5.75 Å². The molecule has 20 heavy (non-hydrogen) atoms. The zero-order valence-electron chi connectivity index (χ0n) is 12.3. The topological polar surface area (TPSA) is 82.8 Å². The summed E-state index contributed by atoms with van der Waals surface area (Å²) in [5.74, 6) is 6.01. The first-order valence-corrected chi connectivity index (χ1v) is 6.32. The quantitative estimate of drug-likeness (QED) is 0.809. The minimum atomic E-state index is -0.538. The Morgan fingerprint density at radius 2 is 1.90 bits per heavy atom. The summed E-state index contributed by atoms with van der Waals surface area (Å²) in [5, 5.41) is 2.62. The largest absolute Gasteiger partial charge is 0.497 e. The predicted octanol–water partition coefficient (Wildman–Crippen LogP) is 2.15. The van der Waals surface area contributed by atoms with E-state index in [1.807, 2.05) is 12.1 Å². The smallest absolute Gasteiger partial charge is 0.407 e. The van der Waals surface area contributed by atoms with E-state index >= 15 is 0 Å². The number of methoxy groups -OCH3 is 1. The molecule has 112 valence electrons.